The number of rotatable bonds is 2. The molecule has 17 heavy (non-hydrogen) atoms. The van der Waals surface area contributed by atoms with Crippen LogP contribution in [0.25, 0.3) is 0 Å². The number of hydrogen-bond donors (Lipinski definition) is 0. The number of likely N-dealkylation sites (tertiary alicyclic amines) is 1. The summed E-state index contributed by atoms with van der Waals surface area (Å²) in [6, 6.07) is 0.878. The van der Waals surface area contributed by atoms with Gasteiger partial charge in [0.2, 0.25) is 0 Å². The molecule has 100 valence electrons. The van der Waals surface area contributed by atoms with Crippen molar-refractivity contribution in [1.82, 2.24) is 4.90 Å². The predicted octanol–water partition coefficient (Wildman–Crippen LogP) is 4.63. The smallest absolute Gasteiger partial charge is 0.00982 e. The van der Waals surface area contributed by atoms with Crippen molar-refractivity contribution in [1.29, 1.82) is 0 Å². The van der Waals surface area contributed by atoms with Crippen molar-refractivity contribution in [3.05, 3.63) is 12.2 Å². The highest BCUT2D eigenvalue weighted by Gasteiger charge is 2.23. The van der Waals surface area contributed by atoms with E-state index in [0.29, 0.717) is 0 Å². The average Bonchev–Trinajstić information content (AvgIpc) is 2.56. The fourth-order valence-electron chi connectivity index (χ4n) is 2.88. The van der Waals surface area contributed by atoms with Crippen LogP contribution >= 0.6 is 0 Å². The van der Waals surface area contributed by atoms with E-state index in [1.54, 1.807) is 0 Å². The van der Waals surface area contributed by atoms with E-state index in [-0.39, 0.29) is 0 Å². The van der Waals surface area contributed by atoms with E-state index < -0.39 is 0 Å². The molecule has 0 radical (unpaired) electrons. The van der Waals surface area contributed by atoms with Crippen molar-refractivity contribution in [2.75, 3.05) is 13.6 Å². The Hall–Kier alpha value is -0.300. The molecule has 1 heterocycles. The molecule has 1 saturated heterocycles. The molecular formula is C16H31N. The summed E-state index contributed by atoms with van der Waals surface area (Å²) in [5, 5.41) is 0. The third-order valence-corrected chi connectivity index (χ3v) is 3.85. The molecule has 0 bridgehead atoms. The average molecular weight is 237 g/mol. The van der Waals surface area contributed by atoms with E-state index in [2.05, 4.69) is 37.9 Å². The van der Waals surface area contributed by atoms with Gasteiger partial charge in [0.1, 0.15) is 0 Å². The fourth-order valence-corrected chi connectivity index (χ4v) is 2.88. The van der Waals surface area contributed by atoms with Gasteiger partial charge in [0.15, 0.2) is 0 Å². The maximum Gasteiger partial charge on any atom is 0.00982 e. The molecule has 2 atom stereocenters. The van der Waals surface area contributed by atoms with E-state index in [0.717, 1.165) is 12.0 Å². The Kier molecular flexibility index (Phi) is 7.59. The Balaban J connectivity index is 0.000000437. The Morgan fingerprint density at radius 3 is 2.53 bits per heavy atom. The van der Waals surface area contributed by atoms with Crippen LogP contribution in [0.4, 0.5) is 0 Å². The molecule has 1 aliphatic heterocycles. The summed E-state index contributed by atoms with van der Waals surface area (Å²) in [7, 11) is 2.29. The van der Waals surface area contributed by atoms with Gasteiger partial charge in [-0.1, -0.05) is 38.8 Å². The van der Waals surface area contributed by atoms with Crippen LogP contribution in [0.2, 0.25) is 0 Å². The van der Waals surface area contributed by atoms with Gasteiger partial charge < -0.3 is 4.90 Å². The molecule has 0 aromatic carbocycles. The first kappa shape index (κ1) is 14.8. The normalized spacial score (nSPS) is 29.6. The summed E-state index contributed by atoms with van der Waals surface area (Å²) >= 11 is 0. The molecule has 2 rings (SSSR count). The molecule has 0 aromatic heterocycles. The third kappa shape index (κ3) is 5.72. The number of allylic oxidation sites excluding steroid dienone is 2. The molecule has 1 heteroatoms. The van der Waals surface area contributed by atoms with Crippen LogP contribution in [0, 0.1) is 5.92 Å². The number of hydrogen-bond acceptors (Lipinski definition) is 1. The maximum absolute atomic E-state index is 2.55. The van der Waals surface area contributed by atoms with E-state index in [4.69, 9.17) is 0 Å². The zero-order valence-corrected chi connectivity index (χ0v) is 12.1. The van der Waals surface area contributed by atoms with Crippen LogP contribution in [-0.2, 0) is 0 Å². The lowest BCUT2D eigenvalue weighted by Crippen LogP contribution is -2.26. The van der Waals surface area contributed by atoms with Crippen LogP contribution in [-0.4, -0.2) is 24.5 Å². The zero-order chi connectivity index (χ0) is 12.5. The van der Waals surface area contributed by atoms with Gasteiger partial charge in [-0.2, -0.15) is 0 Å². The van der Waals surface area contributed by atoms with Gasteiger partial charge in [0.25, 0.3) is 0 Å². The van der Waals surface area contributed by atoms with Crippen LogP contribution in [0.15, 0.2) is 12.2 Å². The minimum Gasteiger partial charge on any atom is -0.303 e. The van der Waals surface area contributed by atoms with Crippen molar-refractivity contribution in [3.8, 4) is 0 Å². The fraction of sp³-hybridized carbons (Fsp3) is 0.875. The standard InChI is InChI=1S/C13H23N.C3H8/c1-14-10-6-9-13(14)11-12-7-4-2-3-5-8-12;1-3-2/h4,7,12-13H,2-3,5-6,8-11H2,1H3;3H2,1-2H3. The largest absolute Gasteiger partial charge is 0.303 e. The lowest BCUT2D eigenvalue weighted by molar-refractivity contribution is 0.270. The first-order valence-corrected chi connectivity index (χ1v) is 7.64. The summed E-state index contributed by atoms with van der Waals surface area (Å²) in [5.41, 5.74) is 0. The second-order valence-corrected chi connectivity index (χ2v) is 5.69. The van der Waals surface area contributed by atoms with Gasteiger partial charge in [-0.15, -0.1) is 0 Å². The van der Waals surface area contributed by atoms with Gasteiger partial charge in [0.05, 0.1) is 0 Å². The minimum atomic E-state index is 0.878. The Bertz CT molecular complexity index is 210. The van der Waals surface area contributed by atoms with Crippen LogP contribution in [0.1, 0.15) is 65.2 Å². The molecular weight excluding hydrogens is 206 g/mol. The van der Waals surface area contributed by atoms with Gasteiger partial charge >= 0.3 is 0 Å². The molecule has 1 aliphatic carbocycles. The highest BCUT2D eigenvalue weighted by molar-refractivity contribution is 4.93. The van der Waals surface area contributed by atoms with Gasteiger partial charge in [-0.05, 0) is 58.0 Å². The van der Waals surface area contributed by atoms with E-state index in [1.165, 1.54) is 57.9 Å². The molecule has 0 aromatic rings. The molecule has 2 unspecified atom stereocenters. The van der Waals surface area contributed by atoms with Gasteiger partial charge in [0, 0.05) is 6.04 Å². The highest BCUT2D eigenvalue weighted by Crippen LogP contribution is 2.27. The van der Waals surface area contributed by atoms with Crippen molar-refractivity contribution in [2.45, 2.75) is 71.3 Å². The Morgan fingerprint density at radius 1 is 1.12 bits per heavy atom. The lowest BCUT2D eigenvalue weighted by atomic mass is 9.94. The molecule has 0 amide bonds. The molecule has 2 aliphatic rings. The molecule has 1 fully saturated rings. The lowest BCUT2D eigenvalue weighted by Gasteiger charge is -2.23. The van der Waals surface area contributed by atoms with E-state index in [9.17, 15) is 0 Å². The van der Waals surface area contributed by atoms with E-state index >= 15 is 0 Å². The Labute approximate surface area is 108 Å². The minimum absolute atomic E-state index is 0.878. The topological polar surface area (TPSA) is 3.24 Å². The molecule has 0 saturated carbocycles. The van der Waals surface area contributed by atoms with Crippen molar-refractivity contribution in [2.24, 2.45) is 5.92 Å². The first-order chi connectivity index (χ1) is 8.27. The van der Waals surface area contributed by atoms with Crippen LogP contribution in [0.3, 0.4) is 0 Å². The van der Waals surface area contributed by atoms with E-state index in [1.807, 2.05) is 0 Å². The third-order valence-electron chi connectivity index (χ3n) is 3.85. The number of nitrogens with zero attached hydrogens (tertiary/aromatic N) is 1. The van der Waals surface area contributed by atoms with Crippen LogP contribution < -0.4 is 0 Å². The van der Waals surface area contributed by atoms with Crippen molar-refractivity contribution >= 4 is 0 Å². The quantitative estimate of drug-likeness (QED) is 0.633. The summed E-state index contributed by atoms with van der Waals surface area (Å²) in [6.45, 7) is 5.57. The monoisotopic (exact) mass is 237 g/mol. The second kappa shape index (κ2) is 8.74. The predicted molar refractivity (Wildman–Crippen MR) is 77.3 cm³/mol. The molecule has 0 spiro atoms. The zero-order valence-electron chi connectivity index (χ0n) is 12.1. The Morgan fingerprint density at radius 2 is 1.88 bits per heavy atom. The van der Waals surface area contributed by atoms with Crippen molar-refractivity contribution < 1.29 is 0 Å². The first-order valence-electron chi connectivity index (χ1n) is 7.64. The van der Waals surface area contributed by atoms with Gasteiger partial charge in [-0.3, -0.25) is 0 Å². The summed E-state index contributed by atoms with van der Waals surface area (Å²) in [6.07, 6.45) is 16.0. The summed E-state index contributed by atoms with van der Waals surface area (Å²) in [4.78, 5) is 2.55. The highest BCUT2D eigenvalue weighted by atomic mass is 15.1. The van der Waals surface area contributed by atoms with Gasteiger partial charge in [-0.25, -0.2) is 0 Å². The maximum atomic E-state index is 2.55. The SMILES string of the molecule is CCC.CN1CCCC1CC1C=CCCCC1. The molecule has 1 nitrogen and oxygen atoms in total. The summed E-state index contributed by atoms with van der Waals surface area (Å²) in [5.74, 6) is 0.878. The van der Waals surface area contributed by atoms with Crippen molar-refractivity contribution in [3.63, 3.8) is 0 Å². The van der Waals surface area contributed by atoms with Crippen LogP contribution in [0.5, 0.6) is 0 Å². The second-order valence-electron chi connectivity index (χ2n) is 5.69. The summed E-state index contributed by atoms with van der Waals surface area (Å²) < 4.78 is 0. The molecule has 0 N–H and O–H groups in total.